The van der Waals surface area contributed by atoms with Gasteiger partial charge in [0.1, 0.15) is 0 Å². The van der Waals surface area contributed by atoms with Crippen LogP contribution in [0.3, 0.4) is 0 Å². The molecule has 0 bridgehead atoms. The monoisotopic (exact) mass is 619 g/mol. The molecule has 1 heterocycles. The normalized spacial score (nSPS) is 20.2. The molecule has 6 nitrogen and oxygen atoms in total. The van der Waals surface area contributed by atoms with Gasteiger partial charge in [0.15, 0.2) is 0 Å². The minimum Gasteiger partial charge on any atom is -0.335 e. The number of halogens is 3. The number of benzene rings is 3. The Kier molecular flexibility index (Phi) is 8.81. The second kappa shape index (κ2) is 12.0. The predicted molar refractivity (Wildman–Crippen MR) is 161 cm³/mol. The standard InChI is InChI=1S/C30H32Cl3N3O3S/c1-3-35-14-16-36(17-15-35)40(38,39)21-9-12-26(31)25(19-21)30(37)34(2)29-13-10-22(23-6-4-5-7-24(23)29)20-8-11-27(32)28(33)18-20/h4-9,11-12,18-19,22,29H,3,10,13-17H2,1-2H3/t22-,29-/m0/s1. The molecule has 0 radical (unpaired) electrons. The molecule has 1 amide bonds. The van der Waals surface area contributed by atoms with Crippen LogP contribution in [0.25, 0.3) is 0 Å². The van der Waals surface area contributed by atoms with Gasteiger partial charge >= 0.3 is 0 Å². The van der Waals surface area contributed by atoms with Crippen LogP contribution in [0.5, 0.6) is 0 Å². The maximum Gasteiger partial charge on any atom is 0.255 e. The second-order valence-corrected chi connectivity index (χ2v) is 13.5. The van der Waals surface area contributed by atoms with E-state index in [0.29, 0.717) is 36.2 Å². The predicted octanol–water partition coefficient (Wildman–Crippen LogP) is 6.71. The molecule has 1 aliphatic carbocycles. The van der Waals surface area contributed by atoms with Crippen molar-refractivity contribution in [2.45, 2.75) is 36.6 Å². The lowest BCUT2D eigenvalue weighted by Crippen LogP contribution is -2.48. The molecule has 1 saturated heterocycles. The highest BCUT2D eigenvalue weighted by Crippen LogP contribution is 2.44. The Hall–Kier alpha value is -2.13. The fraction of sp³-hybridized carbons (Fsp3) is 0.367. The molecule has 0 spiro atoms. The van der Waals surface area contributed by atoms with Crippen molar-refractivity contribution in [2.24, 2.45) is 0 Å². The highest BCUT2D eigenvalue weighted by atomic mass is 35.5. The number of amides is 1. The van der Waals surface area contributed by atoms with Crippen LogP contribution in [0, 0.1) is 0 Å². The Balaban J connectivity index is 1.42. The van der Waals surface area contributed by atoms with Gasteiger partial charge in [0.2, 0.25) is 10.0 Å². The highest BCUT2D eigenvalue weighted by molar-refractivity contribution is 7.89. The Labute approximate surface area is 251 Å². The number of rotatable bonds is 6. The molecular weight excluding hydrogens is 589 g/mol. The van der Waals surface area contributed by atoms with Crippen molar-refractivity contribution >= 4 is 50.7 Å². The van der Waals surface area contributed by atoms with E-state index in [-0.39, 0.29) is 33.3 Å². The van der Waals surface area contributed by atoms with Gasteiger partial charge in [-0.25, -0.2) is 8.42 Å². The molecule has 0 aromatic heterocycles. The number of carbonyl (C=O) groups excluding carboxylic acids is 1. The summed E-state index contributed by atoms with van der Waals surface area (Å²) in [5.41, 5.74) is 3.44. The zero-order valence-electron chi connectivity index (χ0n) is 22.5. The number of likely N-dealkylation sites (N-methyl/N-ethyl adjacent to an activating group) is 1. The van der Waals surface area contributed by atoms with Gasteiger partial charge in [-0.05, 0) is 66.4 Å². The Bertz CT molecular complexity index is 1520. The maximum atomic E-state index is 13.8. The number of fused-ring (bicyclic) bond motifs is 1. The van der Waals surface area contributed by atoms with Gasteiger partial charge in [0, 0.05) is 39.1 Å². The zero-order valence-corrected chi connectivity index (χ0v) is 25.6. The third-order valence-electron chi connectivity index (χ3n) is 8.18. The second-order valence-electron chi connectivity index (χ2n) is 10.3. The molecule has 3 aromatic carbocycles. The lowest BCUT2D eigenvalue weighted by atomic mass is 9.76. The van der Waals surface area contributed by atoms with Crippen molar-refractivity contribution in [2.75, 3.05) is 39.8 Å². The average Bonchev–Trinajstić information content (AvgIpc) is 2.97. The van der Waals surface area contributed by atoms with E-state index >= 15 is 0 Å². The zero-order chi connectivity index (χ0) is 28.6. The first kappa shape index (κ1) is 29.4. The van der Waals surface area contributed by atoms with Crippen LogP contribution in [0.4, 0.5) is 0 Å². The van der Waals surface area contributed by atoms with Crippen molar-refractivity contribution in [3.63, 3.8) is 0 Å². The van der Waals surface area contributed by atoms with Gasteiger partial charge in [-0.2, -0.15) is 4.31 Å². The summed E-state index contributed by atoms with van der Waals surface area (Å²) in [6.07, 6.45) is 1.53. The van der Waals surface area contributed by atoms with E-state index in [4.69, 9.17) is 34.8 Å². The fourth-order valence-corrected chi connectivity index (χ4v) is 7.79. The van der Waals surface area contributed by atoms with Crippen molar-refractivity contribution in [3.8, 4) is 0 Å². The van der Waals surface area contributed by atoms with Gasteiger partial charge in [-0.3, -0.25) is 4.79 Å². The summed E-state index contributed by atoms with van der Waals surface area (Å²) in [5.74, 6) is -0.193. The number of piperazine rings is 1. The number of sulfonamides is 1. The molecule has 1 aliphatic heterocycles. The van der Waals surface area contributed by atoms with E-state index < -0.39 is 10.0 Å². The van der Waals surface area contributed by atoms with E-state index in [9.17, 15) is 13.2 Å². The van der Waals surface area contributed by atoms with Crippen LogP contribution in [-0.4, -0.2) is 68.2 Å². The number of hydrogen-bond acceptors (Lipinski definition) is 4. The van der Waals surface area contributed by atoms with E-state index in [1.165, 1.54) is 22.5 Å². The van der Waals surface area contributed by atoms with Gasteiger partial charge in [0.05, 0.1) is 31.6 Å². The van der Waals surface area contributed by atoms with Crippen molar-refractivity contribution in [1.29, 1.82) is 0 Å². The first-order chi connectivity index (χ1) is 19.1. The topological polar surface area (TPSA) is 60.9 Å². The lowest BCUT2D eigenvalue weighted by Gasteiger charge is -2.37. The average molecular weight is 621 g/mol. The molecule has 5 rings (SSSR count). The van der Waals surface area contributed by atoms with E-state index in [0.717, 1.165) is 36.1 Å². The van der Waals surface area contributed by atoms with Crippen LogP contribution < -0.4 is 0 Å². The SMILES string of the molecule is CCN1CCN(S(=O)(=O)c2ccc(Cl)c(C(=O)N(C)[C@H]3CC[C@@H](c4ccc(Cl)c(Cl)c4)c4ccccc43)c2)CC1. The Morgan fingerprint density at radius 1 is 0.875 bits per heavy atom. The van der Waals surface area contributed by atoms with Crippen LogP contribution >= 0.6 is 34.8 Å². The summed E-state index contributed by atoms with van der Waals surface area (Å²) in [4.78, 5) is 17.8. The van der Waals surface area contributed by atoms with Gasteiger partial charge in [0.25, 0.3) is 5.91 Å². The summed E-state index contributed by atoms with van der Waals surface area (Å²) in [7, 11) is -2.00. The van der Waals surface area contributed by atoms with Crippen LogP contribution in [-0.2, 0) is 10.0 Å². The highest BCUT2D eigenvalue weighted by Gasteiger charge is 2.34. The quantitative estimate of drug-likeness (QED) is 0.307. The third-order valence-corrected chi connectivity index (χ3v) is 11.1. The minimum absolute atomic E-state index is 0.0855. The molecule has 40 heavy (non-hydrogen) atoms. The van der Waals surface area contributed by atoms with Gasteiger partial charge in [-0.15, -0.1) is 0 Å². The molecule has 2 atom stereocenters. The number of hydrogen-bond donors (Lipinski definition) is 0. The van der Waals surface area contributed by atoms with E-state index in [2.05, 4.69) is 17.9 Å². The molecule has 10 heteroatoms. The van der Waals surface area contributed by atoms with Crippen molar-refractivity contribution in [1.82, 2.24) is 14.1 Å². The molecule has 0 N–H and O–H groups in total. The summed E-state index contributed by atoms with van der Waals surface area (Å²) in [6.45, 7) is 5.15. The Morgan fingerprint density at radius 3 is 2.23 bits per heavy atom. The third kappa shape index (κ3) is 5.65. The van der Waals surface area contributed by atoms with Crippen molar-refractivity contribution in [3.05, 3.63) is 98.0 Å². The van der Waals surface area contributed by atoms with Gasteiger partial charge in [-0.1, -0.05) is 72.1 Å². The van der Waals surface area contributed by atoms with E-state index in [1.54, 1.807) is 11.9 Å². The molecule has 1 fully saturated rings. The van der Waals surface area contributed by atoms with E-state index in [1.807, 2.05) is 36.4 Å². The summed E-state index contributed by atoms with van der Waals surface area (Å²) < 4.78 is 28.4. The smallest absolute Gasteiger partial charge is 0.255 e. The minimum atomic E-state index is -3.75. The van der Waals surface area contributed by atoms with Gasteiger partial charge < -0.3 is 9.80 Å². The first-order valence-corrected chi connectivity index (χ1v) is 16.0. The molecule has 2 aliphatic rings. The molecule has 212 valence electrons. The van der Waals surface area contributed by atoms with Crippen molar-refractivity contribution < 1.29 is 13.2 Å². The fourth-order valence-electron chi connectivity index (χ4n) is 5.84. The summed E-state index contributed by atoms with van der Waals surface area (Å²) in [5, 5.41) is 1.26. The molecule has 3 aromatic rings. The lowest BCUT2D eigenvalue weighted by molar-refractivity contribution is 0.0712. The maximum absolute atomic E-state index is 13.8. The van der Waals surface area contributed by atoms with Crippen LogP contribution in [0.15, 0.2) is 65.6 Å². The largest absolute Gasteiger partial charge is 0.335 e. The first-order valence-electron chi connectivity index (χ1n) is 13.4. The molecular formula is C30H32Cl3N3O3S. The number of nitrogens with zero attached hydrogens (tertiary/aromatic N) is 3. The van der Waals surface area contributed by atoms with Crippen LogP contribution in [0.1, 0.15) is 58.8 Å². The summed E-state index contributed by atoms with van der Waals surface area (Å²) in [6, 6.07) is 18.1. The number of carbonyl (C=O) groups is 1. The molecule has 0 saturated carbocycles. The molecule has 0 unspecified atom stereocenters. The Morgan fingerprint density at radius 2 is 1.55 bits per heavy atom. The van der Waals surface area contributed by atoms with Crippen LogP contribution in [0.2, 0.25) is 15.1 Å². The summed E-state index contributed by atoms with van der Waals surface area (Å²) >= 11 is 19.0.